The lowest BCUT2D eigenvalue weighted by Gasteiger charge is -2.14. The number of nitrogens with one attached hydrogen (secondary N) is 1. The maximum Gasteiger partial charge on any atom is 0.224 e. The van der Waals surface area contributed by atoms with E-state index in [0.717, 1.165) is 17.5 Å². The first-order chi connectivity index (χ1) is 12.1. The Labute approximate surface area is 146 Å². The lowest BCUT2D eigenvalue weighted by atomic mass is 9.93. The van der Waals surface area contributed by atoms with Crippen molar-refractivity contribution in [3.05, 3.63) is 41.5 Å². The van der Waals surface area contributed by atoms with Gasteiger partial charge in [0.25, 0.3) is 0 Å². The molecule has 3 N–H and O–H groups in total. The zero-order valence-electron chi connectivity index (χ0n) is 14.1. The molecule has 0 aliphatic carbocycles. The Morgan fingerprint density at radius 1 is 1.48 bits per heavy atom. The van der Waals surface area contributed by atoms with Gasteiger partial charge in [0.15, 0.2) is 0 Å². The second kappa shape index (κ2) is 7.32. The molecule has 1 aliphatic rings. The molecular formula is C19H20N4O2. The van der Waals surface area contributed by atoms with E-state index in [0.29, 0.717) is 36.6 Å². The van der Waals surface area contributed by atoms with E-state index in [1.165, 1.54) is 0 Å². The molecule has 0 bridgehead atoms. The van der Waals surface area contributed by atoms with E-state index in [4.69, 9.17) is 10.5 Å². The van der Waals surface area contributed by atoms with Crippen LogP contribution < -0.4 is 11.1 Å². The minimum atomic E-state index is -0.0479. The molecule has 128 valence electrons. The first kappa shape index (κ1) is 16.9. The maximum absolute atomic E-state index is 11.6. The number of carbonyl (C=O) groups excluding carboxylic acids is 1. The Hall–Kier alpha value is -2.91. The van der Waals surface area contributed by atoms with Gasteiger partial charge in [0.1, 0.15) is 11.9 Å². The van der Waals surface area contributed by atoms with Crippen molar-refractivity contribution in [3.63, 3.8) is 0 Å². The number of amides is 1. The normalized spacial score (nSPS) is 16.4. The lowest BCUT2D eigenvalue weighted by molar-refractivity contribution is -0.115. The molecule has 0 radical (unpaired) electrons. The number of nitrogens with zero attached hydrogens (tertiary/aromatic N) is 2. The van der Waals surface area contributed by atoms with Gasteiger partial charge in [-0.05, 0) is 30.2 Å². The largest absolute Gasteiger partial charge is 0.383 e. The third-order valence-electron chi connectivity index (χ3n) is 4.32. The zero-order valence-corrected chi connectivity index (χ0v) is 14.1. The van der Waals surface area contributed by atoms with Gasteiger partial charge in [-0.15, -0.1) is 0 Å². The number of hydrogen-bond donors (Lipinski definition) is 2. The van der Waals surface area contributed by atoms with Crippen LogP contribution in [0.2, 0.25) is 0 Å². The molecule has 1 aromatic carbocycles. The standard InChI is InChI=1S/C19H20N4O2/c1-2-18(24)22-14-5-3-4-12(8-14)17-9-15(13-6-7-25-11-13)16(10-20)19(21)23-17/h3-5,8-9,13H,2,6-7,11H2,1H3,(H2,21,23)(H,22,24)/t13-/m0/s1. The summed E-state index contributed by atoms with van der Waals surface area (Å²) in [6.45, 7) is 3.08. The van der Waals surface area contributed by atoms with Crippen LogP contribution in [0.25, 0.3) is 11.3 Å². The van der Waals surface area contributed by atoms with Crippen LogP contribution in [-0.2, 0) is 9.53 Å². The number of aromatic nitrogens is 1. The molecule has 6 heteroatoms. The Morgan fingerprint density at radius 3 is 3.00 bits per heavy atom. The van der Waals surface area contributed by atoms with Crippen molar-refractivity contribution >= 4 is 17.4 Å². The van der Waals surface area contributed by atoms with Crippen molar-refractivity contribution in [2.45, 2.75) is 25.7 Å². The van der Waals surface area contributed by atoms with Gasteiger partial charge in [0, 0.05) is 30.2 Å². The second-order valence-corrected chi connectivity index (χ2v) is 6.01. The van der Waals surface area contributed by atoms with Crippen molar-refractivity contribution in [3.8, 4) is 17.3 Å². The number of nitrogens with two attached hydrogens (primary N) is 1. The van der Waals surface area contributed by atoms with Crippen LogP contribution in [0.15, 0.2) is 30.3 Å². The van der Waals surface area contributed by atoms with E-state index in [1.54, 1.807) is 6.92 Å². The van der Waals surface area contributed by atoms with Crippen molar-refractivity contribution in [1.29, 1.82) is 5.26 Å². The minimum Gasteiger partial charge on any atom is -0.383 e. The number of anilines is 2. The molecular weight excluding hydrogens is 316 g/mol. The fraction of sp³-hybridized carbons (Fsp3) is 0.316. The Morgan fingerprint density at radius 2 is 2.32 bits per heavy atom. The number of hydrogen-bond acceptors (Lipinski definition) is 5. The third-order valence-corrected chi connectivity index (χ3v) is 4.32. The quantitative estimate of drug-likeness (QED) is 0.893. The highest BCUT2D eigenvalue weighted by atomic mass is 16.5. The number of rotatable bonds is 4. The molecule has 0 saturated carbocycles. The molecule has 1 aromatic heterocycles. The van der Waals surface area contributed by atoms with E-state index in [9.17, 15) is 10.1 Å². The van der Waals surface area contributed by atoms with Crippen LogP contribution in [0, 0.1) is 11.3 Å². The van der Waals surface area contributed by atoms with E-state index < -0.39 is 0 Å². The van der Waals surface area contributed by atoms with E-state index in [2.05, 4.69) is 16.4 Å². The summed E-state index contributed by atoms with van der Waals surface area (Å²) < 4.78 is 5.45. The molecule has 6 nitrogen and oxygen atoms in total. The lowest BCUT2D eigenvalue weighted by Crippen LogP contribution is -2.09. The average Bonchev–Trinajstić information content (AvgIpc) is 3.15. The van der Waals surface area contributed by atoms with E-state index in [1.807, 2.05) is 30.3 Å². The van der Waals surface area contributed by atoms with Crippen LogP contribution in [0.4, 0.5) is 11.5 Å². The Kier molecular flexibility index (Phi) is 4.96. The van der Waals surface area contributed by atoms with Gasteiger partial charge >= 0.3 is 0 Å². The summed E-state index contributed by atoms with van der Waals surface area (Å²) in [6, 6.07) is 11.5. The van der Waals surface area contributed by atoms with Gasteiger partial charge in [0.05, 0.1) is 17.9 Å². The van der Waals surface area contributed by atoms with Crippen LogP contribution in [-0.4, -0.2) is 24.1 Å². The summed E-state index contributed by atoms with van der Waals surface area (Å²) in [4.78, 5) is 16.0. The highest BCUT2D eigenvalue weighted by Crippen LogP contribution is 2.33. The average molecular weight is 336 g/mol. The number of benzene rings is 1. The Bertz CT molecular complexity index is 836. The summed E-state index contributed by atoms with van der Waals surface area (Å²) in [6.07, 6.45) is 1.28. The van der Waals surface area contributed by atoms with Crippen molar-refractivity contribution in [2.75, 3.05) is 24.3 Å². The van der Waals surface area contributed by atoms with Crippen LogP contribution in [0.5, 0.6) is 0 Å². The maximum atomic E-state index is 11.6. The second-order valence-electron chi connectivity index (χ2n) is 6.01. The molecule has 1 fully saturated rings. The first-order valence-electron chi connectivity index (χ1n) is 8.31. The van der Waals surface area contributed by atoms with Crippen LogP contribution >= 0.6 is 0 Å². The van der Waals surface area contributed by atoms with Gasteiger partial charge in [-0.3, -0.25) is 4.79 Å². The van der Waals surface area contributed by atoms with E-state index >= 15 is 0 Å². The number of ether oxygens (including phenoxy) is 1. The molecule has 0 spiro atoms. The fourth-order valence-corrected chi connectivity index (χ4v) is 2.96. The topological polar surface area (TPSA) is 101 Å². The molecule has 25 heavy (non-hydrogen) atoms. The summed E-state index contributed by atoms with van der Waals surface area (Å²) >= 11 is 0. The minimum absolute atomic E-state index is 0.0479. The molecule has 1 saturated heterocycles. The van der Waals surface area contributed by atoms with E-state index in [-0.39, 0.29) is 17.6 Å². The number of carbonyl (C=O) groups is 1. The SMILES string of the molecule is CCC(=O)Nc1cccc(-c2cc([C@H]3CCOC3)c(C#N)c(N)n2)c1. The Balaban J connectivity index is 2.01. The molecule has 2 heterocycles. The van der Waals surface area contributed by atoms with Gasteiger partial charge in [-0.1, -0.05) is 19.1 Å². The molecule has 0 unspecified atom stereocenters. The fourth-order valence-electron chi connectivity index (χ4n) is 2.96. The molecule has 2 aromatic rings. The first-order valence-corrected chi connectivity index (χ1v) is 8.31. The third kappa shape index (κ3) is 3.62. The number of nitriles is 1. The zero-order chi connectivity index (χ0) is 17.8. The molecule has 1 amide bonds. The number of nitrogen functional groups attached to an aromatic ring is 1. The van der Waals surface area contributed by atoms with Crippen LogP contribution in [0.1, 0.15) is 36.8 Å². The highest BCUT2D eigenvalue weighted by molar-refractivity contribution is 5.91. The molecule has 1 aliphatic heterocycles. The summed E-state index contributed by atoms with van der Waals surface area (Å²) in [5.74, 6) is 0.333. The predicted octanol–water partition coefficient (Wildman–Crippen LogP) is 3.05. The number of pyridine rings is 1. The van der Waals surface area contributed by atoms with Crippen molar-refractivity contribution in [2.24, 2.45) is 0 Å². The smallest absolute Gasteiger partial charge is 0.224 e. The molecule has 3 rings (SSSR count). The van der Waals surface area contributed by atoms with Gasteiger partial charge in [-0.25, -0.2) is 4.98 Å². The van der Waals surface area contributed by atoms with Crippen molar-refractivity contribution in [1.82, 2.24) is 4.98 Å². The summed E-state index contributed by atoms with van der Waals surface area (Å²) in [5, 5.41) is 12.3. The van der Waals surface area contributed by atoms with Gasteiger partial charge < -0.3 is 15.8 Å². The molecule has 1 atom stereocenters. The van der Waals surface area contributed by atoms with Crippen LogP contribution in [0.3, 0.4) is 0 Å². The summed E-state index contributed by atoms with van der Waals surface area (Å²) in [7, 11) is 0. The predicted molar refractivity (Wildman–Crippen MR) is 95.9 cm³/mol. The highest BCUT2D eigenvalue weighted by Gasteiger charge is 2.23. The van der Waals surface area contributed by atoms with Gasteiger partial charge in [-0.2, -0.15) is 5.26 Å². The van der Waals surface area contributed by atoms with Crippen molar-refractivity contribution < 1.29 is 9.53 Å². The summed E-state index contributed by atoms with van der Waals surface area (Å²) in [5.41, 5.74) is 9.57. The monoisotopic (exact) mass is 336 g/mol. The van der Waals surface area contributed by atoms with Gasteiger partial charge in [0.2, 0.25) is 5.91 Å².